The molecule has 0 aliphatic carbocycles. The molecule has 19 heavy (non-hydrogen) atoms. The smallest absolute Gasteiger partial charge is 0.338 e. The van der Waals surface area contributed by atoms with Crippen LogP contribution in [-0.2, 0) is 4.74 Å². The second-order valence-electron chi connectivity index (χ2n) is 5.76. The van der Waals surface area contributed by atoms with E-state index in [0.29, 0.717) is 17.2 Å². The summed E-state index contributed by atoms with van der Waals surface area (Å²) in [6.07, 6.45) is 2.20. The third-order valence-electron chi connectivity index (χ3n) is 3.92. The lowest BCUT2D eigenvalue weighted by Gasteiger charge is -2.35. The standard InChI is InChI=1S/C15H22N2O2/c1-15(2,12-7-9-17-10-8-12)19-14(18)11-3-5-13(16)6-4-11/h3-6,12,17H,7-10,16H2,1-2H3/p+1. The second kappa shape index (κ2) is 5.61. The summed E-state index contributed by atoms with van der Waals surface area (Å²) in [5.74, 6) is 0.176. The number of quaternary nitrogens is 1. The molecule has 2 rings (SSSR count). The number of benzene rings is 1. The highest BCUT2D eigenvalue weighted by molar-refractivity contribution is 5.90. The fourth-order valence-corrected chi connectivity index (χ4v) is 2.62. The Morgan fingerprint density at radius 3 is 2.42 bits per heavy atom. The molecule has 104 valence electrons. The molecule has 1 aromatic rings. The summed E-state index contributed by atoms with van der Waals surface area (Å²) in [7, 11) is 0. The van der Waals surface area contributed by atoms with Crippen molar-refractivity contribution in [2.45, 2.75) is 32.3 Å². The average Bonchev–Trinajstić information content (AvgIpc) is 2.40. The molecule has 0 bridgehead atoms. The molecule has 0 saturated carbocycles. The summed E-state index contributed by atoms with van der Waals surface area (Å²) < 4.78 is 5.71. The number of carbonyl (C=O) groups excluding carboxylic acids is 1. The van der Waals surface area contributed by atoms with Gasteiger partial charge in [-0.1, -0.05) is 0 Å². The van der Waals surface area contributed by atoms with Crippen molar-refractivity contribution < 1.29 is 14.8 Å². The number of hydrogen-bond donors (Lipinski definition) is 2. The summed E-state index contributed by atoms with van der Waals surface area (Å²) in [4.78, 5) is 12.1. The Kier molecular flexibility index (Phi) is 4.10. The van der Waals surface area contributed by atoms with Crippen LogP contribution in [0.15, 0.2) is 24.3 Å². The second-order valence-corrected chi connectivity index (χ2v) is 5.76. The van der Waals surface area contributed by atoms with E-state index < -0.39 is 5.60 Å². The van der Waals surface area contributed by atoms with Crippen molar-refractivity contribution in [1.29, 1.82) is 0 Å². The van der Waals surface area contributed by atoms with Gasteiger partial charge in [0.05, 0.1) is 18.7 Å². The molecular formula is C15H23N2O2+. The van der Waals surface area contributed by atoms with E-state index in [1.54, 1.807) is 24.3 Å². The SMILES string of the molecule is CC(C)(OC(=O)c1ccc(N)cc1)C1CC[NH2+]CC1. The maximum Gasteiger partial charge on any atom is 0.338 e. The quantitative estimate of drug-likeness (QED) is 0.635. The van der Waals surface area contributed by atoms with Gasteiger partial charge in [0.25, 0.3) is 0 Å². The molecule has 0 radical (unpaired) electrons. The van der Waals surface area contributed by atoms with E-state index in [-0.39, 0.29) is 5.97 Å². The molecule has 4 heteroatoms. The van der Waals surface area contributed by atoms with Gasteiger partial charge in [-0.3, -0.25) is 0 Å². The van der Waals surface area contributed by atoms with E-state index in [9.17, 15) is 4.79 Å². The summed E-state index contributed by atoms with van der Waals surface area (Å²) in [6, 6.07) is 6.86. The van der Waals surface area contributed by atoms with E-state index >= 15 is 0 Å². The largest absolute Gasteiger partial charge is 0.456 e. The van der Waals surface area contributed by atoms with Crippen LogP contribution in [0.25, 0.3) is 0 Å². The van der Waals surface area contributed by atoms with Crippen molar-refractivity contribution in [3.63, 3.8) is 0 Å². The molecule has 4 N–H and O–H groups in total. The Labute approximate surface area is 114 Å². The molecule has 1 heterocycles. The molecule has 0 aromatic heterocycles. The predicted molar refractivity (Wildman–Crippen MR) is 74.7 cm³/mol. The fraction of sp³-hybridized carbons (Fsp3) is 0.533. The normalized spacial score (nSPS) is 17.2. The predicted octanol–water partition coefficient (Wildman–Crippen LogP) is 1.18. The number of anilines is 1. The van der Waals surface area contributed by atoms with Crippen molar-refractivity contribution >= 4 is 11.7 Å². The van der Waals surface area contributed by atoms with Crippen LogP contribution in [0.3, 0.4) is 0 Å². The van der Waals surface area contributed by atoms with Gasteiger partial charge in [-0.2, -0.15) is 0 Å². The van der Waals surface area contributed by atoms with Crippen LogP contribution in [0, 0.1) is 5.92 Å². The van der Waals surface area contributed by atoms with E-state index in [0.717, 1.165) is 25.9 Å². The number of nitrogens with two attached hydrogens (primary N) is 2. The zero-order valence-electron chi connectivity index (χ0n) is 11.7. The zero-order valence-corrected chi connectivity index (χ0v) is 11.7. The average molecular weight is 263 g/mol. The Morgan fingerprint density at radius 2 is 1.84 bits per heavy atom. The van der Waals surface area contributed by atoms with Crippen molar-refractivity contribution in [2.75, 3.05) is 18.8 Å². The fourth-order valence-electron chi connectivity index (χ4n) is 2.62. The first-order valence-electron chi connectivity index (χ1n) is 6.89. The summed E-state index contributed by atoms with van der Waals surface area (Å²) in [5.41, 5.74) is 6.42. The molecule has 1 fully saturated rings. The van der Waals surface area contributed by atoms with Gasteiger partial charge >= 0.3 is 5.97 Å². The summed E-state index contributed by atoms with van der Waals surface area (Å²) >= 11 is 0. The van der Waals surface area contributed by atoms with Gasteiger partial charge in [-0.15, -0.1) is 0 Å². The van der Waals surface area contributed by atoms with Gasteiger partial charge in [0.15, 0.2) is 0 Å². The maximum atomic E-state index is 12.1. The highest BCUT2D eigenvalue weighted by atomic mass is 16.6. The van der Waals surface area contributed by atoms with E-state index in [2.05, 4.69) is 5.32 Å². The van der Waals surface area contributed by atoms with E-state index in [4.69, 9.17) is 10.5 Å². The molecule has 0 unspecified atom stereocenters. The van der Waals surface area contributed by atoms with E-state index in [1.165, 1.54) is 0 Å². The van der Waals surface area contributed by atoms with Gasteiger partial charge in [-0.05, 0) is 38.1 Å². The Morgan fingerprint density at radius 1 is 1.26 bits per heavy atom. The van der Waals surface area contributed by atoms with Crippen molar-refractivity contribution in [1.82, 2.24) is 0 Å². The molecule has 1 saturated heterocycles. The lowest BCUT2D eigenvalue weighted by molar-refractivity contribution is -0.665. The highest BCUT2D eigenvalue weighted by Gasteiger charge is 2.35. The number of piperidine rings is 1. The van der Waals surface area contributed by atoms with Gasteiger partial charge in [-0.25, -0.2) is 4.79 Å². The van der Waals surface area contributed by atoms with Crippen LogP contribution in [-0.4, -0.2) is 24.7 Å². The first-order valence-corrected chi connectivity index (χ1v) is 6.89. The van der Waals surface area contributed by atoms with Crippen LogP contribution in [0.5, 0.6) is 0 Å². The zero-order chi connectivity index (χ0) is 13.9. The summed E-state index contributed by atoms with van der Waals surface area (Å²) in [5, 5.41) is 2.31. The third-order valence-corrected chi connectivity index (χ3v) is 3.92. The van der Waals surface area contributed by atoms with Crippen LogP contribution in [0.2, 0.25) is 0 Å². The van der Waals surface area contributed by atoms with Crippen LogP contribution < -0.4 is 11.1 Å². The number of nitrogen functional groups attached to an aromatic ring is 1. The Hall–Kier alpha value is -1.55. The third kappa shape index (κ3) is 3.47. The molecule has 1 aliphatic heterocycles. The molecule has 0 amide bonds. The topological polar surface area (TPSA) is 68.9 Å². The number of carbonyl (C=O) groups is 1. The Balaban J connectivity index is 2.02. The van der Waals surface area contributed by atoms with Gasteiger partial charge < -0.3 is 15.8 Å². The highest BCUT2D eigenvalue weighted by Crippen LogP contribution is 2.28. The lowest BCUT2D eigenvalue weighted by atomic mass is 9.83. The first-order chi connectivity index (χ1) is 8.99. The molecule has 4 nitrogen and oxygen atoms in total. The minimum atomic E-state index is -0.410. The molecule has 0 spiro atoms. The summed E-state index contributed by atoms with van der Waals surface area (Å²) in [6.45, 7) is 6.26. The van der Waals surface area contributed by atoms with Crippen LogP contribution in [0.1, 0.15) is 37.0 Å². The van der Waals surface area contributed by atoms with Crippen molar-refractivity contribution in [2.24, 2.45) is 5.92 Å². The number of rotatable bonds is 3. The van der Waals surface area contributed by atoms with Crippen LogP contribution in [0.4, 0.5) is 5.69 Å². The van der Waals surface area contributed by atoms with Gasteiger partial charge in [0.2, 0.25) is 0 Å². The van der Waals surface area contributed by atoms with Gasteiger partial charge in [0, 0.05) is 24.4 Å². The number of esters is 1. The lowest BCUT2D eigenvalue weighted by Crippen LogP contribution is -2.86. The minimum Gasteiger partial charge on any atom is -0.456 e. The number of hydrogen-bond acceptors (Lipinski definition) is 3. The maximum absolute atomic E-state index is 12.1. The van der Waals surface area contributed by atoms with Crippen molar-refractivity contribution in [3.8, 4) is 0 Å². The number of ether oxygens (including phenoxy) is 1. The monoisotopic (exact) mass is 263 g/mol. The van der Waals surface area contributed by atoms with E-state index in [1.807, 2.05) is 13.8 Å². The molecule has 0 atom stereocenters. The minimum absolute atomic E-state index is 0.264. The molecule has 1 aromatic carbocycles. The molecule has 1 aliphatic rings. The van der Waals surface area contributed by atoms with Crippen LogP contribution >= 0.6 is 0 Å². The van der Waals surface area contributed by atoms with Gasteiger partial charge in [0.1, 0.15) is 5.60 Å². The Bertz CT molecular complexity index is 434. The van der Waals surface area contributed by atoms with Crippen molar-refractivity contribution in [3.05, 3.63) is 29.8 Å². The molecular weight excluding hydrogens is 240 g/mol. The first kappa shape index (κ1) is 13.9.